The van der Waals surface area contributed by atoms with Gasteiger partial charge in [-0.25, -0.2) is 4.79 Å². The van der Waals surface area contributed by atoms with Crippen LogP contribution >= 0.6 is 0 Å². The molecular formula is C15H10N2O5. The highest BCUT2D eigenvalue weighted by atomic mass is 16.6. The summed E-state index contributed by atoms with van der Waals surface area (Å²) in [6.07, 6.45) is 0. The van der Waals surface area contributed by atoms with E-state index in [4.69, 9.17) is 10.00 Å². The van der Waals surface area contributed by atoms with E-state index < -0.39 is 10.9 Å². The average molecular weight is 298 g/mol. The molecule has 0 aliphatic heterocycles. The number of nitriles is 1. The van der Waals surface area contributed by atoms with Crippen LogP contribution in [0.5, 0.6) is 11.5 Å². The molecule has 0 spiro atoms. The molecule has 0 bridgehead atoms. The Balaban J connectivity index is 2.33. The third-order valence-corrected chi connectivity index (χ3v) is 2.79. The van der Waals surface area contributed by atoms with Gasteiger partial charge in [-0.3, -0.25) is 10.1 Å². The van der Waals surface area contributed by atoms with Crippen molar-refractivity contribution in [2.75, 3.05) is 7.11 Å². The fourth-order valence-electron chi connectivity index (χ4n) is 1.74. The van der Waals surface area contributed by atoms with E-state index in [9.17, 15) is 14.9 Å². The highest BCUT2D eigenvalue weighted by Crippen LogP contribution is 2.28. The standard InChI is InChI=1S/C15H10N2O5/c1-21-15(18)13-8-12(6-7-14(13)17(19)20)22-11-4-2-10(9-16)3-5-11/h2-8H,1H3. The van der Waals surface area contributed by atoms with Crippen LogP contribution in [-0.4, -0.2) is 18.0 Å². The summed E-state index contributed by atoms with van der Waals surface area (Å²) in [5.41, 5.74) is -0.0797. The lowest BCUT2D eigenvalue weighted by molar-refractivity contribution is -0.385. The van der Waals surface area contributed by atoms with E-state index in [-0.39, 0.29) is 17.0 Å². The molecule has 7 nitrogen and oxygen atoms in total. The summed E-state index contributed by atoms with van der Waals surface area (Å²) in [7, 11) is 1.14. The van der Waals surface area contributed by atoms with Gasteiger partial charge < -0.3 is 9.47 Å². The molecular weight excluding hydrogens is 288 g/mol. The molecule has 7 heteroatoms. The van der Waals surface area contributed by atoms with Gasteiger partial charge in [0.15, 0.2) is 0 Å². The average Bonchev–Trinajstić information content (AvgIpc) is 2.54. The molecule has 0 aliphatic carbocycles. The summed E-state index contributed by atoms with van der Waals surface area (Å²) in [4.78, 5) is 21.8. The van der Waals surface area contributed by atoms with Crippen molar-refractivity contribution in [1.82, 2.24) is 0 Å². The Bertz CT molecular complexity index is 762. The molecule has 2 rings (SSSR count). The molecule has 0 heterocycles. The van der Waals surface area contributed by atoms with Crippen molar-refractivity contribution >= 4 is 11.7 Å². The lowest BCUT2D eigenvalue weighted by atomic mass is 10.1. The van der Waals surface area contributed by atoms with Crippen molar-refractivity contribution in [3.63, 3.8) is 0 Å². The van der Waals surface area contributed by atoms with Gasteiger partial charge in [-0.2, -0.15) is 5.26 Å². The minimum absolute atomic E-state index is 0.196. The van der Waals surface area contributed by atoms with Gasteiger partial charge in [0.05, 0.1) is 23.7 Å². The number of rotatable bonds is 4. The van der Waals surface area contributed by atoms with Crippen molar-refractivity contribution in [2.24, 2.45) is 0 Å². The van der Waals surface area contributed by atoms with E-state index in [0.717, 1.165) is 7.11 Å². The molecule has 2 aromatic rings. The Hall–Kier alpha value is -3.40. The minimum Gasteiger partial charge on any atom is -0.465 e. The molecule has 0 aromatic heterocycles. The fraction of sp³-hybridized carbons (Fsp3) is 0.0667. The quantitative estimate of drug-likeness (QED) is 0.488. The number of methoxy groups -OCH3 is 1. The SMILES string of the molecule is COC(=O)c1cc(Oc2ccc(C#N)cc2)ccc1[N+](=O)[O-]. The number of esters is 1. The minimum atomic E-state index is -0.822. The van der Waals surface area contributed by atoms with Gasteiger partial charge in [-0.05, 0) is 30.3 Å². The Morgan fingerprint density at radius 3 is 2.36 bits per heavy atom. The van der Waals surface area contributed by atoms with E-state index in [1.165, 1.54) is 18.2 Å². The number of ether oxygens (including phenoxy) is 2. The molecule has 0 saturated carbocycles. The van der Waals surface area contributed by atoms with Crippen molar-refractivity contribution in [1.29, 1.82) is 5.26 Å². The van der Waals surface area contributed by atoms with Crippen molar-refractivity contribution in [3.05, 3.63) is 63.7 Å². The predicted octanol–water partition coefficient (Wildman–Crippen LogP) is 3.05. The summed E-state index contributed by atoms with van der Waals surface area (Å²) in [6, 6.07) is 12.1. The number of carbonyl (C=O) groups excluding carboxylic acids is 1. The summed E-state index contributed by atoms with van der Waals surface area (Å²) < 4.78 is 10.0. The van der Waals surface area contributed by atoms with E-state index in [1.54, 1.807) is 24.3 Å². The van der Waals surface area contributed by atoms with Crippen LogP contribution in [0.3, 0.4) is 0 Å². The Labute approximate surface area is 125 Å². The maximum absolute atomic E-state index is 11.6. The molecule has 0 saturated heterocycles. The van der Waals surface area contributed by atoms with Gasteiger partial charge in [0.2, 0.25) is 0 Å². The van der Waals surface area contributed by atoms with Crippen LogP contribution in [0.1, 0.15) is 15.9 Å². The molecule has 0 aliphatic rings. The number of benzene rings is 2. The van der Waals surface area contributed by atoms with Crippen LogP contribution in [0.4, 0.5) is 5.69 Å². The second-order valence-corrected chi connectivity index (χ2v) is 4.17. The highest BCUT2D eigenvalue weighted by Gasteiger charge is 2.21. The van der Waals surface area contributed by atoms with Gasteiger partial charge in [-0.15, -0.1) is 0 Å². The van der Waals surface area contributed by atoms with E-state index in [1.807, 2.05) is 6.07 Å². The van der Waals surface area contributed by atoms with Crippen LogP contribution in [0.25, 0.3) is 0 Å². The third-order valence-electron chi connectivity index (χ3n) is 2.79. The number of nitro groups is 1. The Morgan fingerprint density at radius 2 is 1.82 bits per heavy atom. The van der Waals surface area contributed by atoms with Crippen LogP contribution in [0, 0.1) is 21.4 Å². The van der Waals surface area contributed by atoms with Gasteiger partial charge in [-0.1, -0.05) is 0 Å². The van der Waals surface area contributed by atoms with E-state index >= 15 is 0 Å². The van der Waals surface area contributed by atoms with Crippen molar-refractivity contribution in [3.8, 4) is 17.6 Å². The summed E-state index contributed by atoms with van der Waals surface area (Å²) in [6.45, 7) is 0. The van der Waals surface area contributed by atoms with Crippen LogP contribution < -0.4 is 4.74 Å². The third kappa shape index (κ3) is 3.19. The predicted molar refractivity (Wildman–Crippen MR) is 75.7 cm³/mol. The first-order valence-corrected chi connectivity index (χ1v) is 6.10. The van der Waals surface area contributed by atoms with E-state index in [2.05, 4.69) is 4.74 Å². The number of hydrogen-bond acceptors (Lipinski definition) is 6. The lowest BCUT2D eigenvalue weighted by Gasteiger charge is -2.07. The Morgan fingerprint density at radius 1 is 1.18 bits per heavy atom. The zero-order valence-corrected chi connectivity index (χ0v) is 11.5. The van der Waals surface area contributed by atoms with Crippen LogP contribution in [0.2, 0.25) is 0 Å². The van der Waals surface area contributed by atoms with Gasteiger partial charge in [0.1, 0.15) is 17.1 Å². The largest absolute Gasteiger partial charge is 0.465 e. The summed E-state index contributed by atoms with van der Waals surface area (Å²) in [5.74, 6) is -0.142. The molecule has 0 amide bonds. The normalized spacial score (nSPS) is 9.64. The molecule has 2 aromatic carbocycles. The smallest absolute Gasteiger partial charge is 0.345 e. The van der Waals surface area contributed by atoms with E-state index in [0.29, 0.717) is 11.3 Å². The summed E-state index contributed by atoms with van der Waals surface area (Å²) in [5, 5.41) is 19.6. The molecule has 0 fully saturated rings. The van der Waals surface area contributed by atoms with Gasteiger partial charge in [0.25, 0.3) is 5.69 Å². The second-order valence-electron chi connectivity index (χ2n) is 4.17. The number of carbonyl (C=O) groups is 1. The lowest BCUT2D eigenvalue weighted by Crippen LogP contribution is -2.05. The van der Waals surface area contributed by atoms with Crippen LogP contribution in [0.15, 0.2) is 42.5 Å². The zero-order valence-electron chi connectivity index (χ0n) is 11.5. The molecule has 110 valence electrons. The Kier molecular flexibility index (Phi) is 4.34. The fourth-order valence-corrected chi connectivity index (χ4v) is 1.74. The van der Waals surface area contributed by atoms with Gasteiger partial charge >= 0.3 is 5.97 Å². The maximum Gasteiger partial charge on any atom is 0.345 e. The highest BCUT2D eigenvalue weighted by molar-refractivity contribution is 5.94. The molecule has 0 unspecified atom stereocenters. The number of hydrogen-bond donors (Lipinski definition) is 0. The maximum atomic E-state index is 11.6. The monoisotopic (exact) mass is 298 g/mol. The summed E-state index contributed by atoms with van der Waals surface area (Å²) >= 11 is 0. The number of nitro benzene ring substituents is 1. The van der Waals surface area contributed by atoms with Gasteiger partial charge in [0, 0.05) is 12.1 Å². The molecule has 0 N–H and O–H groups in total. The first kappa shape index (κ1) is 15.0. The molecule has 0 radical (unpaired) electrons. The first-order chi connectivity index (χ1) is 10.5. The van der Waals surface area contributed by atoms with Crippen molar-refractivity contribution < 1.29 is 19.2 Å². The number of nitrogens with zero attached hydrogens (tertiary/aromatic N) is 2. The molecule has 0 atom stereocenters. The topological polar surface area (TPSA) is 102 Å². The zero-order chi connectivity index (χ0) is 16.1. The van der Waals surface area contributed by atoms with Crippen molar-refractivity contribution in [2.45, 2.75) is 0 Å². The molecule has 22 heavy (non-hydrogen) atoms. The second kappa shape index (κ2) is 6.37. The van der Waals surface area contributed by atoms with Crippen LogP contribution in [-0.2, 0) is 4.74 Å². The first-order valence-electron chi connectivity index (χ1n) is 6.10.